The van der Waals surface area contributed by atoms with E-state index in [1.54, 1.807) is 13.2 Å². The number of fused-ring (bicyclic) bond motifs is 1. The van der Waals surface area contributed by atoms with Crippen LogP contribution in [0.2, 0.25) is 0 Å². The summed E-state index contributed by atoms with van der Waals surface area (Å²) >= 11 is 0. The summed E-state index contributed by atoms with van der Waals surface area (Å²) in [7, 11) is 1.54. The zero-order valence-corrected chi connectivity index (χ0v) is 9.49. The number of methoxy groups -OCH3 is 1. The highest BCUT2D eigenvalue weighted by Crippen LogP contribution is 2.25. The SMILES string of the molecule is COc1nc2cc(F)ccc2nc1C(C)C. The molecular formula is C12H13FN2O. The number of aromatic nitrogens is 2. The normalized spacial score (nSPS) is 11.1. The molecule has 0 saturated heterocycles. The topological polar surface area (TPSA) is 35.0 Å². The third kappa shape index (κ3) is 1.83. The second kappa shape index (κ2) is 4.04. The van der Waals surface area contributed by atoms with Crippen LogP contribution in [-0.2, 0) is 0 Å². The molecule has 0 saturated carbocycles. The van der Waals surface area contributed by atoms with E-state index in [1.807, 2.05) is 13.8 Å². The van der Waals surface area contributed by atoms with Gasteiger partial charge < -0.3 is 4.74 Å². The fourth-order valence-corrected chi connectivity index (χ4v) is 1.55. The highest BCUT2D eigenvalue weighted by atomic mass is 19.1. The van der Waals surface area contributed by atoms with Crippen molar-refractivity contribution in [1.82, 2.24) is 9.97 Å². The maximum Gasteiger partial charge on any atom is 0.236 e. The van der Waals surface area contributed by atoms with Crippen molar-refractivity contribution in [3.63, 3.8) is 0 Å². The molecule has 3 nitrogen and oxygen atoms in total. The summed E-state index contributed by atoms with van der Waals surface area (Å²) < 4.78 is 18.2. The molecule has 0 atom stereocenters. The molecule has 2 rings (SSSR count). The van der Waals surface area contributed by atoms with Gasteiger partial charge in [-0.3, -0.25) is 0 Å². The second-order valence-electron chi connectivity index (χ2n) is 3.91. The number of hydrogen-bond acceptors (Lipinski definition) is 3. The molecule has 0 unspecified atom stereocenters. The number of halogens is 1. The summed E-state index contributed by atoms with van der Waals surface area (Å²) in [5.41, 5.74) is 1.99. The summed E-state index contributed by atoms with van der Waals surface area (Å²) in [6, 6.07) is 4.37. The van der Waals surface area contributed by atoms with Crippen molar-refractivity contribution in [2.45, 2.75) is 19.8 Å². The van der Waals surface area contributed by atoms with E-state index in [2.05, 4.69) is 9.97 Å². The molecule has 0 N–H and O–H groups in total. The lowest BCUT2D eigenvalue weighted by Crippen LogP contribution is -2.01. The lowest BCUT2D eigenvalue weighted by molar-refractivity contribution is 0.389. The Morgan fingerprint density at radius 2 is 1.94 bits per heavy atom. The Kier molecular flexibility index (Phi) is 2.73. The van der Waals surface area contributed by atoms with Crippen LogP contribution >= 0.6 is 0 Å². The highest BCUT2D eigenvalue weighted by Gasteiger charge is 2.12. The van der Waals surface area contributed by atoms with Crippen LogP contribution in [0.15, 0.2) is 18.2 Å². The Hall–Kier alpha value is -1.71. The smallest absolute Gasteiger partial charge is 0.236 e. The predicted octanol–water partition coefficient (Wildman–Crippen LogP) is 2.90. The van der Waals surface area contributed by atoms with Gasteiger partial charge in [0.05, 0.1) is 18.1 Å². The average molecular weight is 220 g/mol. The number of hydrogen-bond donors (Lipinski definition) is 0. The van der Waals surface area contributed by atoms with Crippen molar-refractivity contribution in [1.29, 1.82) is 0 Å². The molecule has 0 aliphatic heterocycles. The minimum atomic E-state index is -0.318. The number of benzene rings is 1. The van der Waals surface area contributed by atoms with Crippen molar-refractivity contribution in [3.8, 4) is 5.88 Å². The highest BCUT2D eigenvalue weighted by molar-refractivity contribution is 5.75. The Morgan fingerprint density at radius 1 is 1.19 bits per heavy atom. The van der Waals surface area contributed by atoms with Crippen molar-refractivity contribution in [2.75, 3.05) is 7.11 Å². The van der Waals surface area contributed by atoms with Crippen LogP contribution in [0.4, 0.5) is 4.39 Å². The summed E-state index contributed by atoms with van der Waals surface area (Å²) in [4.78, 5) is 8.68. The third-order valence-corrected chi connectivity index (χ3v) is 2.36. The maximum absolute atomic E-state index is 13.0. The molecule has 4 heteroatoms. The first kappa shape index (κ1) is 10.8. The van der Waals surface area contributed by atoms with Gasteiger partial charge >= 0.3 is 0 Å². The molecule has 0 spiro atoms. The van der Waals surface area contributed by atoms with E-state index < -0.39 is 0 Å². The van der Waals surface area contributed by atoms with Crippen LogP contribution in [0.25, 0.3) is 11.0 Å². The maximum atomic E-state index is 13.0. The van der Waals surface area contributed by atoms with Crippen LogP contribution in [-0.4, -0.2) is 17.1 Å². The van der Waals surface area contributed by atoms with Gasteiger partial charge in [-0.2, -0.15) is 0 Å². The molecule has 1 aromatic carbocycles. The Morgan fingerprint density at radius 3 is 2.56 bits per heavy atom. The lowest BCUT2D eigenvalue weighted by atomic mass is 10.1. The number of rotatable bonds is 2. The molecule has 1 aromatic heterocycles. The van der Waals surface area contributed by atoms with Crippen molar-refractivity contribution >= 4 is 11.0 Å². The summed E-state index contributed by atoms with van der Waals surface area (Å²) in [5.74, 6) is 0.367. The zero-order valence-electron chi connectivity index (χ0n) is 9.49. The average Bonchev–Trinajstić information content (AvgIpc) is 2.26. The summed E-state index contributed by atoms with van der Waals surface area (Å²) in [6.07, 6.45) is 0. The fourth-order valence-electron chi connectivity index (χ4n) is 1.55. The van der Waals surface area contributed by atoms with Gasteiger partial charge in [-0.05, 0) is 12.1 Å². The molecule has 0 radical (unpaired) electrons. The zero-order chi connectivity index (χ0) is 11.7. The van der Waals surface area contributed by atoms with E-state index >= 15 is 0 Å². The van der Waals surface area contributed by atoms with Crippen molar-refractivity contribution < 1.29 is 9.13 Å². The van der Waals surface area contributed by atoms with E-state index in [0.29, 0.717) is 16.9 Å². The van der Waals surface area contributed by atoms with Gasteiger partial charge in [-0.25, -0.2) is 14.4 Å². The van der Waals surface area contributed by atoms with E-state index in [1.165, 1.54) is 12.1 Å². The quantitative estimate of drug-likeness (QED) is 0.780. The van der Waals surface area contributed by atoms with Gasteiger partial charge in [0.15, 0.2) is 0 Å². The first-order chi connectivity index (χ1) is 7.61. The molecule has 2 aromatic rings. The van der Waals surface area contributed by atoms with Crippen molar-refractivity contribution in [3.05, 3.63) is 29.7 Å². The Labute approximate surface area is 93.3 Å². The Balaban J connectivity index is 2.70. The largest absolute Gasteiger partial charge is 0.480 e. The minimum absolute atomic E-state index is 0.219. The van der Waals surface area contributed by atoms with Gasteiger partial charge in [0.25, 0.3) is 0 Å². The third-order valence-electron chi connectivity index (χ3n) is 2.36. The molecule has 0 aliphatic carbocycles. The molecular weight excluding hydrogens is 207 g/mol. The van der Waals surface area contributed by atoms with Crippen LogP contribution in [0.5, 0.6) is 5.88 Å². The van der Waals surface area contributed by atoms with Gasteiger partial charge in [0.1, 0.15) is 11.5 Å². The fraction of sp³-hybridized carbons (Fsp3) is 0.333. The number of ether oxygens (including phenoxy) is 1. The van der Waals surface area contributed by atoms with E-state index in [9.17, 15) is 4.39 Å². The van der Waals surface area contributed by atoms with Crippen LogP contribution < -0.4 is 4.74 Å². The molecule has 16 heavy (non-hydrogen) atoms. The van der Waals surface area contributed by atoms with Gasteiger partial charge in [0.2, 0.25) is 5.88 Å². The first-order valence-corrected chi connectivity index (χ1v) is 5.13. The van der Waals surface area contributed by atoms with Crippen LogP contribution in [0.3, 0.4) is 0 Å². The van der Waals surface area contributed by atoms with Gasteiger partial charge in [-0.15, -0.1) is 0 Å². The predicted molar refractivity (Wildman–Crippen MR) is 60.1 cm³/mol. The van der Waals surface area contributed by atoms with E-state index in [0.717, 1.165) is 5.69 Å². The molecule has 1 heterocycles. The molecule has 0 aliphatic rings. The van der Waals surface area contributed by atoms with E-state index in [4.69, 9.17) is 4.74 Å². The van der Waals surface area contributed by atoms with E-state index in [-0.39, 0.29) is 11.7 Å². The van der Waals surface area contributed by atoms with Crippen molar-refractivity contribution in [2.24, 2.45) is 0 Å². The number of nitrogens with zero attached hydrogens (tertiary/aromatic N) is 2. The van der Waals surface area contributed by atoms with Crippen LogP contribution in [0, 0.1) is 5.82 Å². The minimum Gasteiger partial charge on any atom is -0.480 e. The van der Waals surface area contributed by atoms with Crippen LogP contribution in [0.1, 0.15) is 25.5 Å². The summed E-state index contributed by atoms with van der Waals surface area (Å²) in [6.45, 7) is 4.03. The monoisotopic (exact) mass is 220 g/mol. The lowest BCUT2D eigenvalue weighted by Gasteiger charge is -2.10. The first-order valence-electron chi connectivity index (χ1n) is 5.13. The van der Waals surface area contributed by atoms with Gasteiger partial charge in [-0.1, -0.05) is 13.8 Å². The van der Waals surface area contributed by atoms with Gasteiger partial charge in [0, 0.05) is 12.0 Å². The summed E-state index contributed by atoms with van der Waals surface area (Å²) in [5, 5.41) is 0. The molecule has 0 amide bonds. The Bertz CT molecular complexity index is 526. The molecule has 84 valence electrons. The second-order valence-corrected chi connectivity index (χ2v) is 3.91. The standard InChI is InChI=1S/C12H13FN2O/c1-7(2)11-12(16-3)15-10-6-8(13)4-5-9(10)14-11/h4-7H,1-3H3. The molecule has 0 bridgehead atoms. The molecule has 0 fully saturated rings.